The smallest absolute Gasteiger partial charge is 0.342 e. The minimum atomic E-state index is -2.33. The second kappa shape index (κ2) is 7.95. The second-order valence-electron chi connectivity index (χ2n) is 10.0. The maximum atomic E-state index is 14.0. The van der Waals surface area contributed by atoms with E-state index in [1.165, 1.54) is 32.4 Å². The first-order chi connectivity index (χ1) is 17.0. The Morgan fingerprint density at radius 2 is 1.89 bits per heavy atom. The van der Waals surface area contributed by atoms with Gasteiger partial charge < -0.3 is 24.4 Å². The number of hydrogen-bond donors (Lipinski definition) is 2. The highest BCUT2D eigenvalue weighted by atomic mass is 35.5. The van der Waals surface area contributed by atoms with E-state index in [-0.39, 0.29) is 29.1 Å². The van der Waals surface area contributed by atoms with Gasteiger partial charge in [-0.2, -0.15) is 0 Å². The number of Topliss-reactive ketones (excluding diaryl/α,β-unsaturated/α-hetero) is 1. The van der Waals surface area contributed by atoms with Gasteiger partial charge in [0.1, 0.15) is 28.1 Å². The molecule has 9 heteroatoms. The highest BCUT2D eigenvalue weighted by molar-refractivity contribution is 6.34. The Morgan fingerprint density at radius 1 is 1.17 bits per heavy atom. The van der Waals surface area contributed by atoms with E-state index in [9.17, 15) is 24.6 Å². The standard InChI is InChI=1S/C27H27ClO8/c1-24-12-17(15-8-5-7-11-19(15)36-21(30)16-9-4-6-10-18(16)29)26(33)22(31)25(14-24,23(32)35-3)13-20(34-2)27(24,26)28/h4,6,8-10,12-13,19,29,33H,5,7,11,14H2,1-3H3/t19-,24+,25-,26-,27+/m0/s1. The zero-order chi connectivity index (χ0) is 26.1. The Hall–Kier alpha value is -3.10. The summed E-state index contributed by atoms with van der Waals surface area (Å²) >= 11 is 7.16. The molecule has 5 aliphatic carbocycles. The van der Waals surface area contributed by atoms with E-state index in [1.54, 1.807) is 25.1 Å². The van der Waals surface area contributed by atoms with E-state index < -0.39 is 45.1 Å². The first-order valence-corrected chi connectivity index (χ1v) is 12.1. The molecule has 1 aromatic rings. The van der Waals surface area contributed by atoms with Crippen LogP contribution < -0.4 is 0 Å². The molecular formula is C27H27ClO8. The summed E-state index contributed by atoms with van der Waals surface area (Å²) in [4.78, 5) is 38.2. The summed E-state index contributed by atoms with van der Waals surface area (Å²) in [5.41, 5.74) is -4.52. The fraction of sp³-hybridized carbons (Fsp3) is 0.444. The predicted molar refractivity (Wildman–Crippen MR) is 128 cm³/mol. The van der Waals surface area contributed by atoms with Gasteiger partial charge in [0.2, 0.25) is 0 Å². The van der Waals surface area contributed by atoms with Crippen LogP contribution in [0.15, 0.2) is 59.4 Å². The Balaban J connectivity index is 1.61. The number of rotatable bonds is 5. The van der Waals surface area contributed by atoms with Crippen LogP contribution in [0.4, 0.5) is 0 Å². The third-order valence-electron chi connectivity index (χ3n) is 8.07. The lowest BCUT2D eigenvalue weighted by Gasteiger charge is -2.58. The van der Waals surface area contributed by atoms with Crippen molar-refractivity contribution < 1.29 is 38.8 Å². The number of esters is 2. The second-order valence-corrected chi connectivity index (χ2v) is 10.6. The number of phenolic OH excluding ortho intramolecular Hbond substituents is 1. The number of halogens is 1. The summed E-state index contributed by atoms with van der Waals surface area (Å²) in [5, 5.41) is 22.3. The first kappa shape index (κ1) is 24.6. The van der Waals surface area contributed by atoms with Crippen molar-refractivity contribution in [1.82, 2.24) is 0 Å². The molecule has 190 valence electrons. The molecule has 0 spiro atoms. The fourth-order valence-corrected chi connectivity index (χ4v) is 6.89. The zero-order valence-corrected chi connectivity index (χ0v) is 20.9. The number of carbonyl (C=O) groups is 3. The minimum Gasteiger partial charge on any atom is -0.507 e. The molecule has 0 heterocycles. The van der Waals surface area contributed by atoms with Crippen molar-refractivity contribution in [1.29, 1.82) is 0 Å². The van der Waals surface area contributed by atoms with Crippen LogP contribution in [-0.4, -0.2) is 58.7 Å². The van der Waals surface area contributed by atoms with Gasteiger partial charge in [-0.15, -0.1) is 11.6 Å². The maximum Gasteiger partial charge on any atom is 0.342 e. The zero-order valence-electron chi connectivity index (χ0n) is 20.2. The lowest BCUT2D eigenvalue weighted by Crippen LogP contribution is -2.74. The highest BCUT2D eigenvalue weighted by Crippen LogP contribution is 2.72. The Bertz CT molecular complexity index is 1280. The van der Waals surface area contributed by atoms with E-state index in [0.29, 0.717) is 24.8 Å². The van der Waals surface area contributed by atoms with E-state index in [1.807, 2.05) is 6.08 Å². The number of allylic oxidation sites excluding steroid dienone is 2. The van der Waals surface area contributed by atoms with E-state index in [2.05, 4.69) is 0 Å². The third kappa shape index (κ3) is 2.82. The molecule has 2 N–H and O–H groups in total. The van der Waals surface area contributed by atoms with E-state index in [4.69, 9.17) is 25.8 Å². The van der Waals surface area contributed by atoms with Gasteiger partial charge in [-0.1, -0.05) is 31.2 Å². The van der Waals surface area contributed by atoms with Crippen LogP contribution in [-0.2, 0) is 23.8 Å². The van der Waals surface area contributed by atoms with Crippen molar-refractivity contribution in [3.05, 3.63) is 65.0 Å². The number of para-hydroxylation sites is 1. The topological polar surface area (TPSA) is 119 Å². The summed E-state index contributed by atoms with van der Waals surface area (Å²) < 4.78 is 16.3. The largest absolute Gasteiger partial charge is 0.507 e. The number of aliphatic hydroxyl groups is 1. The van der Waals surface area contributed by atoms with Crippen LogP contribution >= 0.6 is 11.6 Å². The number of ether oxygens (including phenoxy) is 3. The third-order valence-corrected chi connectivity index (χ3v) is 8.96. The molecule has 36 heavy (non-hydrogen) atoms. The molecule has 0 aromatic heterocycles. The minimum absolute atomic E-state index is 0.00503. The van der Waals surface area contributed by atoms with Crippen molar-refractivity contribution in [3.63, 3.8) is 0 Å². The summed E-state index contributed by atoms with van der Waals surface area (Å²) in [6, 6.07) is 6.04. The molecule has 5 aliphatic rings. The van der Waals surface area contributed by atoms with Gasteiger partial charge in [0.05, 0.1) is 14.2 Å². The Morgan fingerprint density at radius 3 is 2.56 bits per heavy atom. The summed E-state index contributed by atoms with van der Waals surface area (Å²) in [7, 11) is 2.55. The van der Waals surface area contributed by atoms with Crippen LogP contribution in [0, 0.1) is 10.8 Å². The first-order valence-electron chi connectivity index (χ1n) is 11.7. The predicted octanol–water partition coefficient (Wildman–Crippen LogP) is 3.36. The van der Waals surface area contributed by atoms with Gasteiger partial charge in [0.25, 0.3) is 0 Å². The molecule has 0 saturated heterocycles. The number of methoxy groups -OCH3 is 2. The Kier molecular flexibility index (Phi) is 5.43. The monoisotopic (exact) mass is 514 g/mol. The van der Waals surface area contributed by atoms with E-state index in [0.717, 1.165) is 0 Å². The highest BCUT2D eigenvalue weighted by Gasteiger charge is 2.83. The maximum absolute atomic E-state index is 14.0. The van der Waals surface area contributed by atoms with Gasteiger partial charge in [-0.05, 0) is 55.0 Å². The quantitative estimate of drug-likeness (QED) is 0.349. The molecule has 6 rings (SSSR count). The average Bonchev–Trinajstić information content (AvgIpc) is 3.01. The molecular weight excluding hydrogens is 488 g/mol. The molecule has 8 nitrogen and oxygen atoms in total. The average molecular weight is 515 g/mol. The molecule has 1 saturated carbocycles. The molecule has 1 aromatic carbocycles. The number of alkyl halides is 1. The van der Waals surface area contributed by atoms with Gasteiger partial charge >= 0.3 is 11.9 Å². The SMILES string of the molecule is COC(=O)[C@]12C=C(OC)[C@]3(Cl)[C@@](O)(C1=O)C(C1=CCCC[C@@H]1OC(=O)c1ccccc1O)=C[C@]3(C)C2. The number of carbonyl (C=O) groups excluding carboxylic acids is 3. The van der Waals surface area contributed by atoms with Gasteiger partial charge in [-0.3, -0.25) is 9.59 Å². The van der Waals surface area contributed by atoms with Crippen LogP contribution in [0.3, 0.4) is 0 Å². The van der Waals surface area contributed by atoms with Crippen molar-refractivity contribution >= 4 is 29.3 Å². The number of aromatic hydroxyl groups is 1. The van der Waals surface area contributed by atoms with Crippen molar-refractivity contribution in [3.8, 4) is 5.75 Å². The molecule has 4 bridgehead atoms. The molecule has 0 unspecified atom stereocenters. The van der Waals surface area contributed by atoms with E-state index >= 15 is 0 Å². The van der Waals surface area contributed by atoms with Crippen LogP contribution in [0.1, 0.15) is 43.0 Å². The van der Waals surface area contributed by atoms with Crippen LogP contribution in [0.2, 0.25) is 0 Å². The van der Waals surface area contributed by atoms with Gasteiger partial charge in [0.15, 0.2) is 16.8 Å². The normalized spacial score (nSPS) is 36.5. The number of hydrogen-bond acceptors (Lipinski definition) is 8. The molecule has 0 amide bonds. The van der Waals surface area contributed by atoms with Crippen LogP contribution in [0.5, 0.6) is 5.75 Å². The van der Waals surface area contributed by atoms with Crippen LogP contribution in [0.25, 0.3) is 0 Å². The van der Waals surface area contributed by atoms with Crippen molar-refractivity contribution in [2.45, 2.75) is 49.2 Å². The van der Waals surface area contributed by atoms with Crippen molar-refractivity contribution in [2.24, 2.45) is 10.8 Å². The fourth-order valence-electron chi connectivity index (χ4n) is 6.44. The number of ketones is 1. The lowest BCUT2D eigenvalue weighted by atomic mass is 9.49. The van der Waals surface area contributed by atoms with Gasteiger partial charge in [0, 0.05) is 5.41 Å². The lowest BCUT2D eigenvalue weighted by molar-refractivity contribution is -0.174. The molecule has 0 radical (unpaired) electrons. The molecule has 0 aliphatic heterocycles. The number of phenols is 1. The summed E-state index contributed by atoms with van der Waals surface area (Å²) in [6.45, 7) is 1.76. The summed E-state index contributed by atoms with van der Waals surface area (Å²) in [6.07, 6.45) is 5.86. The number of benzene rings is 1. The summed E-state index contributed by atoms with van der Waals surface area (Å²) in [5.74, 6) is -2.44. The van der Waals surface area contributed by atoms with Gasteiger partial charge in [-0.25, -0.2) is 4.79 Å². The molecule has 5 atom stereocenters. The van der Waals surface area contributed by atoms with Crippen molar-refractivity contribution in [2.75, 3.05) is 14.2 Å². The molecule has 1 fully saturated rings. The Labute approximate surface area is 213 Å².